The van der Waals surface area contributed by atoms with Crippen LogP contribution in [0.15, 0.2) is 18.5 Å². The highest BCUT2D eigenvalue weighted by molar-refractivity contribution is 5.22. The average Bonchev–Trinajstić information content (AvgIpc) is 2.28. The first-order valence-electron chi connectivity index (χ1n) is 5.15. The van der Waals surface area contributed by atoms with Gasteiger partial charge in [-0.15, -0.1) is 0 Å². The minimum Gasteiger partial charge on any atom is -0.374 e. The van der Waals surface area contributed by atoms with Gasteiger partial charge in [-0.25, -0.2) is 9.97 Å². The van der Waals surface area contributed by atoms with E-state index in [-0.39, 0.29) is 6.10 Å². The Morgan fingerprint density at radius 2 is 2.33 bits per heavy atom. The van der Waals surface area contributed by atoms with Crippen molar-refractivity contribution in [1.82, 2.24) is 14.9 Å². The van der Waals surface area contributed by atoms with E-state index in [9.17, 15) is 0 Å². The van der Waals surface area contributed by atoms with Crippen LogP contribution >= 0.6 is 0 Å². The second-order valence-electron chi connectivity index (χ2n) is 3.71. The van der Waals surface area contributed by atoms with Gasteiger partial charge >= 0.3 is 0 Å². The van der Waals surface area contributed by atoms with Gasteiger partial charge in [-0.3, -0.25) is 0 Å². The molecule has 0 aromatic carbocycles. The maximum absolute atomic E-state index is 5.61. The summed E-state index contributed by atoms with van der Waals surface area (Å²) >= 11 is 0. The fourth-order valence-corrected chi connectivity index (χ4v) is 1.59. The van der Waals surface area contributed by atoms with E-state index in [0.717, 1.165) is 26.2 Å². The Labute approximate surface area is 89.5 Å². The molecule has 1 aliphatic rings. The van der Waals surface area contributed by atoms with Crippen molar-refractivity contribution in [1.29, 1.82) is 0 Å². The van der Waals surface area contributed by atoms with Gasteiger partial charge in [0.05, 0.1) is 12.7 Å². The molecule has 1 aromatic heterocycles. The van der Waals surface area contributed by atoms with Crippen LogP contribution in [0.2, 0.25) is 0 Å². The Hall–Kier alpha value is -1.20. The summed E-state index contributed by atoms with van der Waals surface area (Å²) in [6.45, 7) is 3.53. The third-order valence-electron chi connectivity index (χ3n) is 2.40. The van der Waals surface area contributed by atoms with Crippen LogP contribution in [0.25, 0.3) is 0 Å². The number of likely N-dealkylation sites (N-methyl/N-ethyl adjacent to an activating group) is 1. The molecule has 5 nitrogen and oxygen atoms in total. The Balaban J connectivity index is 1.78. The van der Waals surface area contributed by atoms with E-state index in [1.807, 2.05) is 0 Å². The molecule has 1 atom stereocenters. The standard InChI is InChI=1S/C10H16N4O/c1-14-5-6-15-9(8-14)7-13-10-11-3-2-4-12-10/h2-4,9H,5-8H2,1H3,(H,11,12,13). The predicted molar refractivity (Wildman–Crippen MR) is 57.8 cm³/mol. The summed E-state index contributed by atoms with van der Waals surface area (Å²) in [4.78, 5) is 10.4. The van der Waals surface area contributed by atoms with E-state index in [4.69, 9.17) is 4.74 Å². The van der Waals surface area contributed by atoms with Gasteiger partial charge in [0.1, 0.15) is 0 Å². The number of aromatic nitrogens is 2. The minimum absolute atomic E-state index is 0.229. The normalized spacial score (nSPS) is 22.6. The van der Waals surface area contributed by atoms with Gasteiger partial charge in [-0.1, -0.05) is 0 Å². The van der Waals surface area contributed by atoms with E-state index >= 15 is 0 Å². The molecular formula is C10H16N4O. The number of anilines is 1. The van der Waals surface area contributed by atoms with Crippen molar-refractivity contribution >= 4 is 5.95 Å². The molecule has 0 bridgehead atoms. The summed E-state index contributed by atoms with van der Waals surface area (Å²) in [5.74, 6) is 0.661. The number of nitrogens with zero attached hydrogens (tertiary/aromatic N) is 3. The van der Waals surface area contributed by atoms with E-state index < -0.39 is 0 Å². The second-order valence-corrected chi connectivity index (χ2v) is 3.71. The van der Waals surface area contributed by atoms with Crippen molar-refractivity contribution in [3.05, 3.63) is 18.5 Å². The number of hydrogen-bond acceptors (Lipinski definition) is 5. The molecule has 1 unspecified atom stereocenters. The van der Waals surface area contributed by atoms with E-state index in [1.165, 1.54) is 0 Å². The zero-order valence-electron chi connectivity index (χ0n) is 8.89. The van der Waals surface area contributed by atoms with Gasteiger partial charge in [0, 0.05) is 32.0 Å². The molecule has 15 heavy (non-hydrogen) atoms. The molecular weight excluding hydrogens is 192 g/mol. The van der Waals surface area contributed by atoms with Crippen LogP contribution in [-0.2, 0) is 4.74 Å². The first-order chi connectivity index (χ1) is 7.34. The monoisotopic (exact) mass is 208 g/mol. The molecule has 5 heteroatoms. The lowest BCUT2D eigenvalue weighted by Crippen LogP contribution is -2.43. The van der Waals surface area contributed by atoms with Crippen LogP contribution in [0.3, 0.4) is 0 Å². The molecule has 1 N–H and O–H groups in total. The van der Waals surface area contributed by atoms with E-state index in [1.54, 1.807) is 18.5 Å². The third kappa shape index (κ3) is 3.14. The molecule has 1 aliphatic heterocycles. The predicted octanol–water partition coefficient (Wildman–Crippen LogP) is 0.219. The zero-order valence-corrected chi connectivity index (χ0v) is 8.89. The molecule has 1 fully saturated rings. The lowest BCUT2D eigenvalue weighted by Gasteiger charge is -2.30. The fraction of sp³-hybridized carbons (Fsp3) is 0.600. The second kappa shape index (κ2) is 5.04. The molecule has 1 saturated heterocycles. The number of morpholine rings is 1. The van der Waals surface area contributed by atoms with Gasteiger partial charge in [0.2, 0.25) is 5.95 Å². The summed E-state index contributed by atoms with van der Waals surface area (Å²) in [5.41, 5.74) is 0. The highest BCUT2D eigenvalue weighted by Gasteiger charge is 2.17. The average molecular weight is 208 g/mol. The molecule has 0 amide bonds. The topological polar surface area (TPSA) is 50.3 Å². The summed E-state index contributed by atoms with van der Waals surface area (Å²) in [5, 5.41) is 3.16. The van der Waals surface area contributed by atoms with Crippen molar-refractivity contribution in [2.75, 3.05) is 38.6 Å². The Bertz CT molecular complexity index is 293. The Morgan fingerprint density at radius 1 is 1.53 bits per heavy atom. The zero-order chi connectivity index (χ0) is 10.5. The first-order valence-corrected chi connectivity index (χ1v) is 5.15. The van der Waals surface area contributed by atoms with Crippen LogP contribution < -0.4 is 5.32 Å². The van der Waals surface area contributed by atoms with Crippen molar-refractivity contribution in [2.45, 2.75) is 6.10 Å². The van der Waals surface area contributed by atoms with Gasteiger partial charge in [-0.2, -0.15) is 0 Å². The molecule has 0 aliphatic carbocycles. The highest BCUT2D eigenvalue weighted by Crippen LogP contribution is 2.03. The molecule has 0 spiro atoms. The minimum atomic E-state index is 0.229. The fourth-order valence-electron chi connectivity index (χ4n) is 1.59. The number of ether oxygens (including phenoxy) is 1. The lowest BCUT2D eigenvalue weighted by molar-refractivity contribution is -0.0117. The SMILES string of the molecule is CN1CCOC(CNc2ncccn2)C1. The first kappa shape index (κ1) is 10.3. The van der Waals surface area contributed by atoms with Crippen LogP contribution in [0.5, 0.6) is 0 Å². The number of rotatable bonds is 3. The van der Waals surface area contributed by atoms with Gasteiger partial charge in [0.25, 0.3) is 0 Å². The molecule has 2 heterocycles. The Morgan fingerprint density at radius 3 is 3.07 bits per heavy atom. The van der Waals surface area contributed by atoms with Crippen molar-refractivity contribution in [3.8, 4) is 0 Å². The highest BCUT2D eigenvalue weighted by atomic mass is 16.5. The molecule has 2 rings (SSSR count). The van der Waals surface area contributed by atoms with Crippen molar-refractivity contribution < 1.29 is 4.74 Å². The molecule has 1 aromatic rings. The summed E-state index contributed by atoms with van der Waals surface area (Å²) in [6, 6.07) is 1.80. The van der Waals surface area contributed by atoms with Crippen molar-refractivity contribution in [3.63, 3.8) is 0 Å². The molecule has 82 valence electrons. The number of hydrogen-bond donors (Lipinski definition) is 1. The van der Waals surface area contributed by atoms with Crippen LogP contribution in [0.1, 0.15) is 0 Å². The summed E-state index contributed by atoms with van der Waals surface area (Å²) in [7, 11) is 2.11. The van der Waals surface area contributed by atoms with E-state index in [0.29, 0.717) is 5.95 Å². The summed E-state index contributed by atoms with van der Waals surface area (Å²) in [6.07, 6.45) is 3.68. The summed E-state index contributed by atoms with van der Waals surface area (Å²) < 4.78 is 5.61. The smallest absolute Gasteiger partial charge is 0.222 e. The van der Waals surface area contributed by atoms with Crippen molar-refractivity contribution in [2.24, 2.45) is 0 Å². The van der Waals surface area contributed by atoms with E-state index in [2.05, 4.69) is 27.2 Å². The molecule has 0 radical (unpaired) electrons. The maximum atomic E-state index is 5.61. The quantitative estimate of drug-likeness (QED) is 0.770. The number of nitrogens with one attached hydrogen (secondary N) is 1. The third-order valence-corrected chi connectivity index (χ3v) is 2.40. The maximum Gasteiger partial charge on any atom is 0.222 e. The van der Waals surface area contributed by atoms with Gasteiger partial charge < -0.3 is 15.0 Å². The van der Waals surface area contributed by atoms with Crippen LogP contribution in [-0.4, -0.2) is 54.3 Å². The Kier molecular flexibility index (Phi) is 3.47. The van der Waals surface area contributed by atoms with Crippen LogP contribution in [0, 0.1) is 0 Å². The lowest BCUT2D eigenvalue weighted by atomic mass is 10.3. The van der Waals surface area contributed by atoms with Gasteiger partial charge in [-0.05, 0) is 13.1 Å². The molecule has 0 saturated carbocycles. The van der Waals surface area contributed by atoms with Crippen LogP contribution in [0.4, 0.5) is 5.95 Å². The van der Waals surface area contributed by atoms with Gasteiger partial charge in [0.15, 0.2) is 0 Å². The largest absolute Gasteiger partial charge is 0.374 e.